The molecule has 4 nitrogen and oxygen atoms in total. The van der Waals surface area contributed by atoms with E-state index in [1.165, 1.54) is 49.4 Å². The van der Waals surface area contributed by atoms with Gasteiger partial charge in [0, 0.05) is 46.2 Å². The Morgan fingerprint density at radius 3 is 1.63 bits per heavy atom. The van der Waals surface area contributed by atoms with Crippen LogP contribution in [-0.2, 0) is 23.3 Å². The average molecular weight is 709 g/mol. The maximum Gasteiger partial charge on any atom is 0.261 e. The number of rotatable bonds is 3. The van der Waals surface area contributed by atoms with Crippen LogP contribution in [0.2, 0.25) is 0 Å². The molecule has 0 saturated heterocycles. The van der Waals surface area contributed by atoms with E-state index in [0.717, 1.165) is 45.5 Å². The van der Waals surface area contributed by atoms with E-state index in [0.29, 0.717) is 0 Å². The van der Waals surface area contributed by atoms with E-state index in [2.05, 4.69) is 188 Å². The molecule has 0 amide bonds. The molecule has 0 bridgehead atoms. The summed E-state index contributed by atoms with van der Waals surface area (Å²) in [5, 5.41) is 2.42. The van der Waals surface area contributed by atoms with Gasteiger partial charge in [0.25, 0.3) is 6.71 Å². The topological polar surface area (TPSA) is 26.6 Å². The summed E-state index contributed by atoms with van der Waals surface area (Å²) in [4.78, 5) is 2.42. The number of hydrogen-bond acceptors (Lipinski definition) is 3. The molecule has 0 spiro atoms. The van der Waals surface area contributed by atoms with Gasteiger partial charge in [-0.05, 0) is 92.4 Å². The van der Waals surface area contributed by atoms with Crippen molar-refractivity contribution in [2.45, 2.75) is 78.6 Å². The third-order valence-electron chi connectivity index (χ3n) is 11.6. The van der Waals surface area contributed by atoms with Crippen LogP contribution in [0.4, 0.5) is 17.1 Å². The average Bonchev–Trinajstić information content (AvgIpc) is 3.43. The zero-order valence-electron chi connectivity index (χ0n) is 33.3. The monoisotopic (exact) mass is 708 g/mol. The highest BCUT2D eigenvalue weighted by Crippen LogP contribution is 2.47. The molecule has 0 atom stereocenters. The minimum Gasteiger partial charge on any atom is -0.458 e. The van der Waals surface area contributed by atoms with Crippen molar-refractivity contribution in [3.63, 3.8) is 0 Å². The first-order valence-corrected chi connectivity index (χ1v) is 19.3. The van der Waals surface area contributed by atoms with E-state index < -0.39 is 0 Å². The predicted octanol–water partition coefficient (Wildman–Crippen LogP) is 11.4. The lowest BCUT2D eigenvalue weighted by Crippen LogP contribution is -2.57. The van der Waals surface area contributed by atoms with Gasteiger partial charge in [0.05, 0.1) is 11.2 Å². The van der Waals surface area contributed by atoms with Crippen LogP contribution in [0.3, 0.4) is 0 Å². The number of ether oxygens (including phenoxy) is 2. The van der Waals surface area contributed by atoms with Gasteiger partial charge in [0.2, 0.25) is 0 Å². The van der Waals surface area contributed by atoms with E-state index >= 15 is 0 Å². The standard InChI is InChI=1S/C49H49BN2O2/c1-47(2,3)30-18-23-33(24-19-30)52(34-25-20-31(21-26-34)48(4,5)6)38-29-42-45(43-35-14-11-12-15-37(35)51(10)46(38)43)50-36-28-32(49(7,8)9)22-27-39(36)53-40-16-13-17-41(54-42)44(40)50/h11-29H,1-10H3. The molecule has 0 aliphatic carbocycles. The molecule has 2 aliphatic rings. The smallest absolute Gasteiger partial charge is 0.261 e. The van der Waals surface area contributed by atoms with Crippen LogP contribution >= 0.6 is 0 Å². The van der Waals surface area contributed by atoms with Gasteiger partial charge < -0.3 is 18.9 Å². The number of anilines is 3. The third-order valence-corrected chi connectivity index (χ3v) is 11.6. The van der Waals surface area contributed by atoms with Crippen LogP contribution in [0.25, 0.3) is 21.8 Å². The minimum atomic E-state index is -0.0704. The van der Waals surface area contributed by atoms with Crippen LogP contribution in [0.15, 0.2) is 115 Å². The minimum absolute atomic E-state index is 0.0208. The van der Waals surface area contributed by atoms with Crippen molar-refractivity contribution >= 4 is 62.0 Å². The maximum absolute atomic E-state index is 7.08. The van der Waals surface area contributed by atoms with Crippen molar-refractivity contribution in [1.82, 2.24) is 4.57 Å². The Balaban J connectivity index is 1.38. The zero-order chi connectivity index (χ0) is 37.9. The Hall–Kier alpha value is -5.42. The number of nitrogens with zero attached hydrogens (tertiary/aromatic N) is 2. The quantitative estimate of drug-likeness (QED) is 0.171. The molecule has 9 rings (SSSR count). The van der Waals surface area contributed by atoms with Crippen LogP contribution in [0.5, 0.6) is 23.0 Å². The first-order chi connectivity index (χ1) is 25.6. The van der Waals surface area contributed by atoms with Crippen molar-refractivity contribution in [2.75, 3.05) is 4.90 Å². The van der Waals surface area contributed by atoms with Gasteiger partial charge in [-0.25, -0.2) is 0 Å². The number of para-hydroxylation sites is 1. The fourth-order valence-electron chi connectivity index (χ4n) is 8.56. The van der Waals surface area contributed by atoms with Crippen molar-refractivity contribution in [2.24, 2.45) is 7.05 Å². The summed E-state index contributed by atoms with van der Waals surface area (Å²) < 4.78 is 16.1. The molecule has 0 unspecified atom stereocenters. The molecule has 5 heteroatoms. The molecule has 270 valence electrons. The molecule has 0 saturated carbocycles. The Labute approximate surface area is 320 Å². The first-order valence-electron chi connectivity index (χ1n) is 19.3. The summed E-state index contributed by atoms with van der Waals surface area (Å²) in [6, 6.07) is 42.3. The Bertz CT molecular complexity index is 2560. The summed E-state index contributed by atoms with van der Waals surface area (Å²) in [5.74, 6) is 3.48. The summed E-state index contributed by atoms with van der Waals surface area (Å²) in [6.45, 7) is 20.4. The lowest BCUT2D eigenvalue weighted by molar-refractivity contribution is 0.464. The Kier molecular flexibility index (Phi) is 7.50. The highest BCUT2D eigenvalue weighted by molar-refractivity contribution is 7.00. The zero-order valence-corrected chi connectivity index (χ0v) is 33.3. The van der Waals surface area contributed by atoms with Gasteiger partial charge in [-0.3, -0.25) is 0 Å². The second kappa shape index (κ2) is 11.8. The van der Waals surface area contributed by atoms with Crippen molar-refractivity contribution in [3.8, 4) is 23.0 Å². The largest absolute Gasteiger partial charge is 0.458 e. The number of hydrogen-bond donors (Lipinski definition) is 0. The Morgan fingerprint density at radius 2 is 1.06 bits per heavy atom. The van der Waals surface area contributed by atoms with Gasteiger partial charge in [-0.15, -0.1) is 0 Å². The number of benzene rings is 6. The van der Waals surface area contributed by atoms with E-state index in [4.69, 9.17) is 9.47 Å². The highest BCUT2D eigenvalue weighted by atomic mass is 16.5. The predicted molar refractivity (Wildman–Crippen MR) is 229 cm³/mol. The fraction of sp³-hybridized carbons (Fsp3) is 0.265. The fourth-order valence-corrected chi connectivity index (χ4v) is 8.56. The van der Waals surface area contributed by atoms with Crippen molar-refractivity contribution in [3.05, 3.63) is 132 Å². The van der Waals surface area contributed by atoms with Crippen LogP contribution in [0, 0.1) is 0 Å². The van der Waals surface area contributed by atoms with Crippen LogP contribution in [0.1, 0.15) is 79.0 Å². The normalized spacial score (nSPS) is 13.6. The summed E-state index contributed by atoms with van der Waals surface area (Å²) in [6.07, 6.45) is 0. The van der Waals surface area contributed by atoms with Gasteiger partial charge in [0.15, 0.2) is 0 Å². The highest BCUT2D eigenvalue weighted by Gasteiger charge is 2.43. The Morgan fingerprint density at radius 1 is 0.519 bits per heavy atom. The molecule has 54 heavy (non-hydrogen) atoms. The molecule has 0 N–H and O–H groups in total. The molecule has 7 aromatic rings. The van der Waals surface area contributed by atoms with E-state index in [-0.39, 0.29) is 23.0 Å². The number of aryl methyl sites for hydroxylation is 1. The second-order valence-electron chi connectivity index (χ2n) is 18.3. The van der Waals surface area contributed by atoms with Crippen molar-refractivity contribution < 1.29 is 9.47 Å². The molecular weight excluding hydrogens is 659 g/mol. The summed E-state index contributed by atoms with van der Waals surface area (Å²) in [5.41, 5.74) is 13.0. The number of fused-ring (bicyclic) bond motifs is 8. The molecular formula is C49H49BN2O2. The van der Waals surface area contributed by atoms with Crippen LogP contribution < -0.4 is 30.8 Å². The lowest BCUT2D eigenvalue weighted by atomic mass is 9.34. The molecule has 0 radical (unpaired) electrons. The van der Waals surface area contributed by atoms with Crippen LogP contribution in [-0.4, -0.2) is 11.3 Å². The van der Waals surface area contributed by atoms with Gasteiger partial charge in [-0.1, -0.05) is 123 Å². The molecule has 2 aliphatic heterocycles. The second-order valence-corrected chi connectivity index (χ2v) is 18.3. The number of aromatic nitrogens is 1. The summed E-state index contributed by atoms with van der Waals surface area (Å²) >= 11 is 0. The first kappa shape index (κ1) is 34.4. The van der Waals surface area contributed by atoms with E-state index in [1.54, 1.807) is 0 Å². The maximum atomic E-state index is 7.08. The molecule has 6 aromatic carbocycles. The lowest BCUT2D eigenvalue weighted by Gasteiger charge is -2.35. The molecule has 1 aromatic heterocycles. The molecule has 3 heterocycles. The summed E-state index contributed by atoms with van der Waals surface area (Å²) in [7, 11) is 2.21. The SMILES string of the molecule is Cn1c2ccccc2c2c3c(cc(N(c4ccc(C(C)(C)C)cc4)c4ccc(C(C)(C)C)cc4)c21)Oc1cccc2c1B3c1cc(C(C)(C)C)ccc1O2. The van der Waals surface area contributed by atoms with Crippen molar-refractivity contribution in [1.29, 1.82) is 0 Å². The third kappa shape index (κ3) is 5.34. The van der Waals surface area contributed by atoms with Gasteiger partial charge in [-0.2, -0.15) is 0 Å². The van der Waals surface area contributed by atoms with Gasteiger partial charge >= 0.3 is 0 Å². The van der Waals surface area contributed by atoms with E-state index in [1.807, 2.05) is 6.07 Å². The van der Waals surface area contributed by atoms with Gasteiger partial charge in [0.1, 0.15) is 23.0 Å². The molecule has 0 fully saturated rings. The van der Waals surface area contributed by atoms with E-state index in [9.17, 15) is 0 Å².